The maximum Gasteiger partial charge on any atom is 0.290 e. The predicted molar refractivity (Wildman–Crippen MR) is 115 cm³/mol. The second kappa shape index (κ2) is 8.82. The molecular weight excluding hydrogens is 465 g/mol. The van der Waals surface area contributed by atoms with Gasteiger partial charge in [-0.15, -0.1) is 0 Å². The molecule has 0 aliphatic carbocycles. The van der Waals surface area contributed by atoms with E-state index in [0.717, 1.165) is 6.42 Å². The quantitative estimate of drug-likeness (QED) is 0.663. The van der Waals surface area contributed by atoms with Gasteiger partial charge >= 0.3 is 0 Å². The van der Waals surface area contributed by atoms with Gasteiger partial charge in [-0.1, -0.05) is 29.3 Å². The number of furan rings is 1. The molecule has 166 valence electrons. The molecule has 0 bridgehead atoms. The summed E-state index contributed by atoms with van der Waals surface area (Å²) in [7, 11) is -3.89. The predicted octanol–water partition coefficient (Wildman–Crippen LogP) is 2.72. The molecular formula is C20H21Cl2N3O5S. The number of hydrogen-bond acceptors (Lipinski definition) is 5. The molecule has 2 amide bonds. The topological polar surface area (TPSA) is 91.1 Å². The Bertz CT molecular complexity index is 1060. The number of hydrogen-bond donors (Lipinski definition) is 0. The Hall–Kier alpha value is -2.07. The van der Waals surface area contributed by atoms with Crippen LogP contribution in [0.5, 0.6) is 0 Å². The number of likely N-dealkylation sites (tertiary alicyclic amines) is 1. The summed E-state index contributed by atoms with van der Waals surface area (Å²) in [6.45, 7) is 1.16. The molecule has 2 fully saturated rings. The van der Waals surface area contributed by atoms with Crippen molar-refractivity contribution < 1.29 is 22.4 Å². The minimum absolute atomic E-state index is 0.0593. The highest BCUT2D eigenvalue weighted by molar-refractivity contribution is 7.89. The molecule has 2 aliphatic rings. The molecule has 1 atom stereocenters. The van der Waals surface area contributed by atoms with Gasteiger partial charge in [-0.2, -0.15) is 4.31 Å². The summed E-state index contributed by atoms with van der Waals surface area (Å²) in [5.74, 6) is -0.284. The number of halogens is 2. The van der Waals surface area contributed by atoms with Crippen molar-refractivity contribution in [1.82, 2.24) is 14.1 Å². The average Bonchev–Trinajstić information content (AvgIpc) is 3.45. The van der Waals surface area contributed by atoms with Crippen LogP contribution >= 0.6 is 23.2 Å². The van der Waals surface area contributed by atoms with E-state index in [1.165, 1.54) is 27.6 Å². The highest BCUT2D eigenvalue weighted by Gasteiger charge is 2.40. The summed E-state index contributed by atoms with van der Waals surface area (Å²) in [4.78, 5) is 28.8. The van der Waals surface area contributed by atoms with Crippen molar-refractivity contribution in [2.45, 2.75) is 23.8 Å². The third-order valence-electron chi connectivity index (χ3n) is 5.60. The molecule has 8 nitrogen and oxygen atoms in total. The first-order valence-corrected chi connectivity index (χ1v) is 12.1. The van der Waals surface area contributed by atoms with Crippen LogP contribution in [0.3, 0.4) is 0 Å². The number of benzene rings is 1. The Morgan fingerprint density at radius 3 is 2.26 bits per heavy atom. The Morgan fingerprint density at radius 1 is 0.968 bits per heavy atom. The summed E-state index contributed by atoms with van der Waals surface area (Å²) in [6.07, 6.45) is 2.71. The number of carbonyl (C=O) groups excluding carboxylic acids is 2. The van der Waals surface area contributed by atoms with Gasteiger partial charge < -0.3 is 14.2 Å². The van der Waals surface area contributed by atoms with Crippen LogP contribution in [-0.2, 0) is 14.8 Å². The van der Waals surface area contributed by atoms with Crippen molar-refractivity contribution in [2.75, 3.05) is 32.7 Å². The Kier molecular flexibility index (Phi) is 6.30. The second-order valence-electron chi connectivity index (χ2n) is 7.41. The van der Waals surface area contributed by atoms with Crippen molar-refractivity contribution in [1.29, 1.82) is 0 Å². The van der Waals surface area contributed by atoms with Crippen LogP contribution in [0.1, 0.15) is 23.4 Å². The van der Waals surface area contributed by atoms with Crippen LogP contribution in [0.15, 0.2) is 45.9 Å². The van der Waals surface area contributed by atoms with Crippen LogP contribution in [0.2, 0.25) is 10.0 Å². The lowest BCUT2D eigenvalue weighted by Gasteiger charge is -2.36. The van der Waals surface area contributed by atoms with E-state index in [1.807, 2.05) is 0 Å². The van der Waals surface area contributed by atoms with Gasteiger partial charge in [0.2, 0.25) is 15.9 Å². The van der Waals surface area contributed by atoms with Crippen molar-refractivity contribution in [3.05, 3.63) is 52.4 Å². The number of sulfonamides is 1. The zero-order valence-corrected chi connectivity index (χ0v) is 18.9. The first kappa shape index (κ1) is 22.1. The van der Waals surface area contributed by atoms with Gasteiger partial charge in [0.25, 0.3) is 5.91 Å². The molecule has 0 unspecified atom stereocenters. The van der Waals surface area contributed by atoms with Crippen LogP contribution in [-0.4, -0.2) is 73.1 Å². The molecule has 2 aromatic rings. The van der Waals surface area contributed by atoms with E-state index in [4.69, 9.17) is 27.6 Å². The minimum atomic E-state index is -3.89. The van der Waals surface area contributed by atoms with Gasteiger partial charge in [0.15, 0.2) is 5.76 Å². The van der Waals surface area contributed by atoms with E-state index in [2.05, 4.69) is 0 Å². The molecule has 0 saturated carbocycles. The molecule has 4 rings (SSSR count). The van der Waals surface area contributed by atoms with Crippen molar-refractivity contribution in [3.63, 3.8) is 0 Å². The van der Waals surface area contributed by atoms with Crippen LogP contribution < -0.4 is 0 Å². The van der Waals surface area contributed by atoms with E-state index in [0.29, 0.717) is 13.0 Å². The summed E-state index contributed by atoms with van der Waals surface area (Å²) in [5.41, 5.74) is 0. The van der Waals surface area contributed by atoms with Gasteiger partial charge in [0.1, 0.15) is 10.9 Å². The number of carbonyl (C=O) groups is 2. The Labute approximate surface area is 190 Å². The zero-order valence-electron chi connectivity index (χ0n) is 16.5. The molecule has 0 spiro atoms. The van der Waals surface area contributed by atoms with Gasteiger partial charge in [-0.3, -0.25) is 9.59 Å². The minimum Gasteiger partial charge on any atom is -0.459 e. The average molecular weight is 486 g/mol. The fraction of sp³-hybridized carbons (Fsp3) is 0.400. The number of rotatable bonds is 4. The molecule has 1 aromatic carbocycles. The van der Waals surface area contributed by atoms with Gasteiger partial charge in [-0.05, 0) is 37.1 Å². The molecule has 31 heavy (non-hydrogen) atoms. The highest BCUT2D eigenvalue weighted by atomic mass is 35.5. The standard InChI is InChI=1S/C20H21Cl2N3O5S/c21-14-4-1-5-15(22)18(14)31(28,29)24-11-9-23(10-12-24)19(26)16-6-2-8-25(16)20(27)17-7-3-13-30-17/h1,3-5,7,13,16H,2,6,8-12H2/t16-/m0/s1. The summed E-state index contributed by atoms with van der Waals surface area (Å²) in [6, 6.07) is 7.17. The van der Waals surface area contributed by atoms with Crippen molar-refractivity contribution in [3.8, 4) is 0 Å². The third kappa shape index (κ3) is 4.19. The number of amides is 2. The lowest BCUT2D eigenvalue weighted by molar-refractivity contribution is -0.136. The van der Waals surface area contributed by atoms with Crippen molar-refractivity contribution >= 4 is 45.0 Å². The molecule has 2 aliphatic heterocycles. The maximum atomic E-state index is 13.1. The van der Waals surface area contributed by atoms with Gasteiger partial charge in [-0.25, -0.2) is 8.42 Å². The van der Waals surface area contributed by atoms with Crippen LogP contribution in [0, 0.1) is 0 Å². The summed E-state index contributed by atoms with van der Waals surface area (Å²) in [5, 5.41) is 0.119. The van der Waals surface area contributed by atoms with Gasteiger partial charge in [0, 0.05) is 32.7 Å². The largest absolute Gasteiger partial charge is 0.459 e. The monoisotopic (exact) mass is 485 g/mol. The summed E-state index contributed by atoms with van der Waals surface area (Å²) < 4.78 is 32.5. The lowest BCUT2D eigenvalue weighted by atomic mass is 10.1. The second-order valence-corrected chi connectivity index (χ2v) is 10.1. The molecule has 2 saturated heterocycles. The normalized spacial score (nSPS) is 20.3. The molecule has 1 aromatic heterocycles. The van der Waals surface area contributed by atoms with E-state index in [9.17, 15) is 18.0 Å². The molecule has 0 N–H and O–H groups in total. The fourth-order valence-corrected chi connectivity index (χ4v) is 6.54. The molecule has 3 heterocycles. The van der Waals surface area contributed by atoms with Crippen LogP contribution in [0.25, 0.3) is 0 Å². The van der Waals surface area contributed by atoms with E-state index in [-0.39, 0.29) is 58.7 Å². The molecule has 11 heteroatoms. The fourth-order valence-electron chi connectivity index (χ4n) is 4.03. The zero-order chi connectivity index (χ0) is 22.2. The Morgan fingerprint density at radius 2 is 1.65 bits per heavy atom. The first-order valence-electron chi connectivity index (χ1n) is 9.88. The van der Waals surface area contributed by atoms with E-state index >= 15 is 0 Å². The maximum absolute atomic E-state index is 13.1. The first-order chi connectivity index (χ1) is 14.8. The number of nitrogens with zero attached hydrogens (tertiary/aromatic N) is 3. The SMILES string of the molecule is O=C([C@@H]1CCCN1C(=O)c1ccco1)N1CCN(S(=O)(=O)c2c(Cl)cccc2Cl)CC1. The summed E-state index contributed by atoms with van der Waals surface area (Å²) >= 11 is 12.2. The van der Waals surface area contributed by atoms with E-state index in [1.54, 1.807) is 23.1 Å². The number of piperazine rings is 1. The van der Waals surface area contributed by atoms with Crippen LogP contribution in [0.4, 0.5) is 0 Å². The third-order valence-corrected chi connectivity index (χ3v) is 8.45. The van der Waals surface area contributed by atoms with E-state index < -0.39 is 16.1 Å². The van der Waals surface area contributed by atoms with Gasteiger partial charge in [0.05, 0.1) is 16.3 Å². The lowest BCUT2D eigenvalue weighted by Crippen LogP contribution is -2.55. The Balaban J connectivity index is 1.44. The van der Waals surface area contributed by atoms with Crippen molar-refractivity contribution in [2.24, 2.45) is 0 Å². The molecule has 0 radical (unpaired) electrons. The smallest absolute Gasteiger partial charge is 0.290 e. The highest BCUT2D eigenvalue weighted by Crippen LogP contribution is 2.32.